The van der Waals surface area contributed by atoms with Crippen LogP contribution < -0.4 is 5.73 Å². The number of carbonyl (C=O) groups is 1. The molecule has 1 unspecified atom stereocenters. The number of carbonyl (C=O) groups excluding carboxylic acids is 1. The van der Waals surface area contributed by atoms with Crippen LogP contribution in [0.4, 0.5) is 5.69 Å². The summed E-state index contributed by atoms with van der Waals surface area (Å²) in [5, 5.41) is 0.428. The molecule has 2 N–H and O–H groups in total. The minimum atomic E-state index is -0.408. The van der Waals surface area contributed by atoms with Crippen molar-refractivity contribution in [3.05, 3.63) is 28.8 Å². The van der Waals surface area contributed by atoms with Crippen molar-refractivity contribution in [1.29, 1.82) is 0 Å². The van der Waals surface area contributed by atoms with E-state index in [-0.39, 0.29) is 6.10 Å². The van der Waals surface area contributed by atoms with Gasteiger partial charge in [-0.2, -0.15) is 0 Å². The zero-order valence-corrected chi connectivity index (χ0v) is 10.1. The molecule has 2 rings (SSSR count). The second kappa shape index (κ2) is 5.38. The molecule has 1 aliphatic rings. The van der Waals surface area contributed by atoms with E-state index in [4.69, 9.17) is 26.8 Å². The van der Waals surface area contributed by atoms with Gasteiger partial charge in [0.15, 0.2) is 0 Å². The van der Waals surface area contributed by atoms with Crippen molar-refractivity contribution in [3.63, 3.8) is 0 Å². The average Bonchev–Trinajstić information content (AvgIpc) is 2.29. The van der Waals surface area contributed by atoms with E-state index >= 15 is 0 Å². The number of nitrogen functional groups attached to an aromatic ring is 1. The zero-order chi connectivity index (χ0) is 12.3. The van der Waals surface area contributed by atoms with Gasteiger partial charge < -0.3 is 15.2 Å². The molecule has 0 aromatic heterocycles. The Morgan fingerprint density at radius 2 is 2.29 bits per heavy atom. The van der Waals surface area contributed by atoms with Gasteiger partial charge in [0.1, 0.15) is 6.10 Å². The molecule has 17 heavy (non-hydrogen) atoms. The first-order valence-corrected chi connectivity index (χ1v) is 5.88. The maximum Gasteiger partial charge on any atom is 0.338 e. The van der Waals surface area contributed by atoms with Crippen LogP contribution in [0.15, 0.2) is 18.2 Å². The molecule has 1 aromatic carbocycles. The lowest BCUT2D eigenvalue weighted by Crippen LogP contribution is -2.28. The van der Waals surface area contributed by atoms with Crippen molar-refractivity contribution in [3.8, 4) is 0 Å². The normalized spacial score (nSPS) is 19.9. The number of benzene rings is 1. The molecule has 1 aromatic rings. The highest BCUT2D eigenvalue weighted by Crippen LogP contribution is 2.19. The van der Waals surface area contributed by atoms with Gasteiger partial charge in [-0.05, 0) is 31.0 Å². The molecule has 0 spiro atoms. The summed E-state index contributed by atoms with van der Waals surface area (Å²) in [4.78, 5) is 11.8. The molecule has 0 amide bonds. The SMILES string of the molecule is Nc1cc(Cl)cc(C(=O)OC2CCCOC2)c1. The summed E-state index contributed by atoms with van der Waals surface area (Å²) < 4.78 is 10.5. The lowest BCUT2D eigenvalue weighted by Gasteiger charge is -2.22. The molecule has 1 atom stereocenters. The van der Waals surface area contributed by atoms with Crippen LogP contribution in [-0.4, -0.2) is 25.3 Å². The maximum atomic E-state index is 11.8. The minimum Gasteiger partial charge on any atom is -0.456 e. The molecule has 0 aliphatic carbocycles. The van der Waals surface area contributed by atoms with Gasteiger partial charge in [0.25, 0.3) is 0 Å². The molecule has 1 aliphatic heterocycles. The molecule has 92 valence electrons. The largest absolute Gasteiger partial charge is 0.456 e. The molecule has 4 nitrogen and oxygen atoms in total. The highest BCUT2D eigenvalue weighted by Gasteiger charge is 2.19. The van der Waals surface area contributed by atoms with Crippen LogP contribution in [0, 0.1) is 0 Å². The summed E-state index contributed by atoms with van der Waals surface area (Å²) in [6.45, 7) is 1.19. The molecule has 0 bridgehead atoms. The van der Waals surface area contributed by atoms with Crippen LogP contribution in [0.5, 0.6) is 0 Å². The van der Waals surface area contributed by atoms with E-state index in [0.717, 1.165) is 19.4 Å². The predicted octanol–water partition coefficient (Wildman–Crippen LogP) is 2.26. The van der Waals surface area contributed by atoms with E-state index in [0.29, 0.717) is 22.9 Å². The van der Waals surface area contributed by atoms with Crippen molar-refractivity contribution < 1.29 is 14.3 Å². The van der Waals surface area contributed by atoms with Gasteiger partial charge in [0, 0.05) is 17.3 Å². The highest BCUT2D eigenvalue weighted by molar-refractivity contribution is 6.31. The fourth-order valence-electron chi connectivity index (χ4n) is 1.75. The van der Waals surface area contributed by atoms with Crippen molar-refractivity contribution in [2.45, 2.75) is 18.9 Å². The topological polar surface area (TPSA) is 61.6 Å². The van der Waals surface area contributed by atoms with Gasteiger partial charge in [0.2, 0.25) is 0 Å². The lowest BCUT2D eigenvalue weighted by atomic mass is 10.1. The van der Waals surface area contributed by atoms with Crippen LogP contribution in [0.25, 0.3) is 0 Å². The standard InChI is InChI=1S/C12H14ClNO3/c13-9-4-8(5-10(14)6-9)12(15)17-11-2-1-3-16-7-11/h4-6,11H,1-3,7,14H2. The molecule has 0 radical (unpaired) electrons. The van der Waals surface area contributed by atoms with E-state index in [1.54, 1.807) is 18.2 Å². The highest BCUT2D eigenvalue weighted by atomic mass is 35.5. The van der Waals surface area contributed by atoms with Crippen LogP contribution in [0.3, 0.4) is 0 Å². The fourth-order valence-corrected chi connectivity index (χ4v) is 2.00. The smallest absolute Gasteiger partial charge is 0.338 e. The summed E-state index contributed by atoms with van der Waals surface area (Å²) >= 11 is 5.82. The molecule has 1 heterocycles. The summed E-state index contributed by atoms with van der Waals surface area (Å²) in [6, 6.07) is 4.68. The Morgan fingerprint density at radius 3 is 2.94 bits per heavy atom. The molecular formula is C12H14ClNO3. The number of ether oxygens (including phenoxy) is 2. The van der Waals surface area contributed by atoms with E-state index in [9.17, 15) is 4.79 Å². The quantitative estimate of drug-likeness (QED) is 0.650. The van der Waals surface area contributed by atoms with Gasteiger partial charge in [-0.1, -0.05) is 11.6 Å². The molecular weight excluding hydrogens is 242 g/mol. The summed E-state index contributed by atoms with van der Waals surface area (Å²) in [5.41, 5.74) is 6.44. The van der Waals surface area contributed by atoms with E-state index in [1.165, 1.54) is 0 Å². The number of hydrogen-bond donors (Lipinski definition) is 1. The maximum absolute atomic E-state index is 11.8. The zero-order valence-electron chi connectivity index (χ0n) is 9.32. The van der Waals surface area contributed by atoms with Crippen molar-refractivity contribution in [2.24, 2.45) is 0 Å². The Bertz CT molecular complexity index is 396. The number of halogens is 1. The summed E-state index contributed by atoms with van der Waals surface area (Å²) in [7, 11) is 0. The van der Waals surface area contributed by atoms with Crippen molar-refractivity contribution in [1.82, 2.24) is 0 Å². The third kappa shape index (κ3) is 3.35. The number of anilines is 1. The first-order valence-electron chi connectivity index (χ1n) is 5.50. The van der Waals surface area contributed by atoms with E-state index < -0.39 is 5.97 Å². The number of esters is 1. The Kier molecular flexibility index (Phi) is 3.86. The van der Waals surface area contributed by atoms with E-state index in [2.05, 4.69) is 0 Å². The Morgan fingerprint density at radius 1 is 1.47 bits per heavy atom. The Labute approximate surface area is 105 Å². The first-order chi connectivity index (χ1) is 8.15. The van der Waals surface area contributed by atoms with Gasteiger partial charge in [-0.3, -0.25) is 0 Å². The molecule has 5 heteroatoms. The summed E-state index contributed by atoms with van der Waals surface area (Å²) in [6.07, 6.45) is 1.58. The average molecular weight is 256 g/mol. The Hall–Kier alpha value is -1.26. The Balaban J connectivity index is 2.03. The number of rotatable bonds is 2. The minimum absolute atomic E-state index is 0.170. The van der Waals surface area contributed by atoms with Crippen LogP contribution in [0.2, 0.25) is 5.02 Å². The van der Waals surface area contributed by atoms with Crippen LogP contribution in [0.1, 0.15) is 23.2 Å². The predicted molar refractivity (Wildman–Crippen MR) is 65.1 cm³/mol. The van der Waals surface area contributed by atoms with Gasteiger partial charge in [0.05, 0.1) is 12.2 Å². The monoisotopic (exact) mass is 255 g/mol. The second-order valence-corrected chi connectivity index (χ2v) is 4.45. The lowest BCUT2D eigenvalue weighted by molar-refractivity contribution is -0.0305. The molecule has 0 saturated carbocycles. The number of nitrogens with two attached hydrogens (primary N) is 1. The summed E-state index contributed by atoms with van der Waals surface area (Å²) in [5.74, 6) is -0.408. The van der Waals surface area contributed by atoms with E-state index in [1.807, 2.05) is 0 Å². The van der Waals surface area contributed by atoms with Gasteiger partial charge in [-0.25, -0.2) is 4.79 Å². The number of hydrogen-bond acceptors (Lipinski definition) is 4. The van der Waals surface area contributed by atoms with Crippen LogP contribution >= 0.6 is 11.6 Å². The van der Waals surface area contributed by atoms with Gasteiger partial charge >= 0.3 is 5.97 Å². The fraction of sp³-hybridized carbons (Fsp3) is 0.417. The van der Waals surface area contributed by atoms with Gasteiger partial charge in [-0.15, -0.1) is 0 Å². The third-order valence-corrected chi connectivity index (χ3v) is 2.77. The van der Waals surface area contributed by atoms with Crippen molar-refractivity contribution >= 4 is 23.3 Å². The molecule has 1 fully saturated rings. The van der Waals surface area contributed by atoms with Crippen molar-refractivity contribution in [2.75, 3.05) is 18.9 Å². The molecule has 1 saturated heterocycles. The first kappa shape index (κ1) is 12.2. The second-order valence-electron chi connectivity index (χ2n) is 4.02. The van der Waals surface area contributed by atoms with Crippen LogP contribution in [-0.2, 0) is 9.47 Å². The third-order valence-electron chi connectivity index (χ3n) is 2.55.